The Bertz CT molecular complexity index is 349. The van der Waals surface area contributed by atoms with Gasteiger partial charge in [0.15, 0.2) is 0 Å². The highest BCUT2D eigenvalue weighted by molar-refractivity contribution is 7.10. The quantitative estimate of drug-likeness (QED) is 0.808. The first-order valence-corrected chi connectivity index (χ1v) is 8.52. The van der Waals surface area contributed by atoms with E-state index in [0.29, 0.717) is 12.1 Å². The third kappa shape index (κ3) is 2.65. The fourth-order valence-corrected chi connectivity index (χ4v) is 4.45. The Morgan fingerprint density at radius 3 is 2.39 bits per heavy atom. The van der Waals surface area contributed by atoms with Gasteiger partial charge in [-0.1, -0.05) is 25.3 Å². The van der Waals surface area contributed by atoms with Crippen LogP contribution in [0.25, 0.3) is 0 Å². The summed E-state index contributed by atoms with van der Waals surface area (Å²) in [5.41, 5.74) is 0. The van der Waals surface area contributed by atoms with Gasteiger partial charge in [0.1, 0.15) is 0 Å². The molecule has 2 heteroatoms. The van der Waals surface area contributed by atoms with Crippen molar-refractivity contribution in [2.75, 3.05) is 0 Å². The van der Waals surface area contributed by atoms with Crippen molar-refractivity contribution in [3.63, 3.8) is 0 Å². The lowest BCUT2D eigenvalue weighted by Gasteiger charge is -2.36. The highest BCUT2D eigenvalue weighted by Gasteiger charge is 2.31. The summed E-state index contributed by atoms with van der Waals surface area (Å²) in [6.07, 6.45) is 10.0. The van der Waals surface area contributed by atoms with E-state index in [1.165, 1.54) is 44.9 Å². The van der Waals surface area contributed by atoms with Crippen LogP contribution in [0.5, 0.6) is 0 Å². The molecule has 0 saturated heterocycles. The van der Waals surface area contributed by atoms with Gasteiger partial charge in [0, 0.05) is 17.0 Å². The molecular formula is C16H25NS. The van der Waals surface area contributed by atoms with E-state index >= 15 is 0 Å². The number of hydrogen-bond donors (Lipinski definition) is 1. The Kier molecular flexibility index (Phi) is 4.05. The van der Waals surface area contributed by atoms with Gasteiger partial charge in [-0.05, 0) is 55.9 Å². The van der Waals surface area contributed by atoms with E-state index in [1.807, 2.05) is 11.3 Å². The van der Waals surface area contributed by atoms with Gasteiger partial charge in [0.2, 0.25) is 0 Å². The zero-order chi connectivity index (χ0) is 12.4. The van der Waals surface area contributed by atoms with E-state index in [0.717, 1.165) is 11.8 Å². The molecule has 1 aromatic rings. The van der Waals surface area contributed by atoms with Gasteiger partial charge < -0.3 is 5.32 Å². The highest BCUT2D eigenvalue weighted by atomic mass is 32.1. The minimum Gasteiger partial charge on any atom is -0.306 e. The van der Waals surface area contributed by atoms with Crippen molar-refractivity contribution in [3.05, 3.63) is 22.4 Å². The Balaban J connectivity index is 1.68. The van der Waals surface area contributed by atoms with Crippen LogP contribution in [0.15, 0.2) is 17.5 Å². The molecule has 2 saturated carbocycles. The average molecular weight is 263 g/mol. The lowest BCUT2D eigenvalue weighted by atomic mass is 9.79. The maximum atomic E-state index is 3.97. The first-order valence-electron chi connectivity index (χ1n) is 7.64. The first-order chi connectivity index (χ1) is 8.84. The summed E-state index contributed by atoms with van der Waals surface area (Å²) < 4.78 is 0. The molecule has 0 amide bonds. The molecular weight excluding hydrogens is 238 g/mol. The van der Waals surface area contributed by atoms with Crippen LogP contribution in [0.1, 0.15) is 62.8 Å². The van der Waals surface area contributed by atoms with Gasteiger partial charge in [-0.25, -0.2) is 0 Å². The molecule has 3 rings (SSSR count). The molecule has 0 bridgehead atoms. The van der Waals surface area contributed by atoms with Crippen LogP contribution < -0.4 is 5.32 Å². The highest BCUT2D eigenvalue weighted by Crippen LogP contribution is 2.39. The van der Waals surface area contributed by atoms with Gasteiger partial charge in [-0.3, -0.25) is 0 Å². The SMILES string of the molecule is CC(NC(c1cccs1)C1CCCC1)C1CCC1. The molecule has 0 aliphatic heterocycles. The van der Waals surface area contributed by atoms with E-state index in [9.17, 15) is 0 Å². The van der Waals surface area contributed by atoms with E-state index in [1.54, 1.807) is 4.88 Å². The fraction of sp³-hybridized carbons (Fsp3) is 0.750. The second kappa shape index (κ2) is 5.75. The van der Waals surface area contributed by atoms with Gasteiger partial charge in [-0.15, -0.1) is 11.3 Å². The van der Waals surface area contributed by atoms with E-state index in [-0.39, 0.29) is 0 Å². The van der Waals surface area contributed by atoms with Crippen molar-refractivity contribution in [1.82, 2.24) is 5.32 Å². The van der Waals surface area contributed by atoms with Gasteiger partial charge in [0.25, 0.3) is 0 Å². The summed E-state index contributed by atoms with van der Waals surface area (Å²) in [4.78, 5) is 1.56. The van der Waals surface area contributed by atoms with Crippen molar-refractivity contribution < 1.29 is 0 Å². The number of rotatable bonds is 5. The van der Waals surface area contributed by atoms with E-state index in [2.05, 4.69) is 29.8 Å². The van der Waals surface area contributed by atoms with Crippen molar-refractivity contribution >= 4 is 11.3 Å². The summed E-state index contributed by atoms with van der Waals surface area (Å²) >= 11 is 1.93. The summed E-state index contributed by atoms with van der Waals surface area (Å²) in [6, 6.07) is 5.86. The van der Waals surface area contributed by atoms with E-state index in [4.69, 9.17) is 0 Å². The number of hydrogen-bond acceptors (Lipinski definition) is 2. The number of thiophene rings is 1. The van der Waals surface area contributed by atoms with Crippen molar-refractivity contribution in [2.45, 2.75) is 64.0 Å². The van der Waals surface area contributed by atoms with Crippen LogP contribution >= 0.6 is 11.3 Å². The standard InChI is InChI=1S/C16H25NS/c1-12(13-8-4-9-13)17-16(14-6-2-3-7-14)15-10-5-11-18-15/h5,10-14,16-17H,2-4,6-9H2,1H3. The Hall–Kier alpha value is -0.340. The molecule has 0 radical (unpaired) electrons. The van der Waals surface area contributed by atoms with Crippen LogP contribution in [-0.2, 0) is 0 Å². The average Bonchev–Trinajstić information content (AvgIpc) is 2.97. The molecule has 2 unspecified atom stereocenters. The predicted octanol–water partition coefficient (Wildman–Crippen LogP) is 4.76. The minimum atomic E-state index is 0.628. The first kappa shape index (κ1) is 12.7. The number of nitrogens with one attached hydrogen (secondary N) is 1. The lowest BCUT2D eigenvalue weighted by molar-refractivity contribution is 0.208. The molecule has 100 valence electrons. The maximum absolute atomic E-state index is 3.97. The summed E-state index contributed by atoms with van der Waals surface area (Å²) in [6.45, 7) is 2.40. The smallest absolute Gasteiger partial charge is 0.0445 e. The largest absolute Gasteiger partial charge is 0.306 e. The monoisotopic (exact) mass is 263 g/mol. The molecule has 18 heavy (non-hydrogen) atoms. The molecule has 2 aliphatic carbocycles. The molecule has 2 aliphatic rings. The minimum absolute atomic E-state index is 0.628. The van der Waals surface area contributed by atoms with Crippen LogP contribution in [0.3, 0.4) is 0 Å². The predicted molar refractivity (Wildman–Crippen MR) is 79.0 cm³/mol. The van der Waals surface area contributed by atoms with Crippen LogP contribution in [0, 0.1) is 11.8 Å². The Morgan fingerprint density at radius 2 is 1.83 bits per heavy atom. The Labute approximate surface area is 115 Å². The van der Waals surface area contributed by atoms with Crippen LogP contribution in [0.4, 0.5) is 0 Å². The zero-order valence-electron chi connectivity index (χ0n) is 11.4. The van der Waals surface area contributed by atoms with Crippen molar-refractivity contribution in [3.8, 4) is 0 Å². The van der Waals surface area contributed by atoms with Gasteiger partial charge in [0.05, 0.1) is 0 Å². The molecule has 0 aromatic carbocycles. The molecule has 1 aromatic heterocycles. The summed E-state index contributed by atoms with van der Waals surface area (Å²) in [7, 11) is 0. The molecule has 1 heterocycles. The molecule has 2 atom stereocenters. The molecule has 2 fully saturated rings. The lowest BCUT2D eigenvalue weighted by Crippen LogP contribution is -2.41. The van der Waals surface area contributed by atoms with Gasteiger partial charge >= 0.3 is 0 Å². The Morgan fingerprint density at radius 1 is 1.11 bits per heavy atom. The molecule has 1 nitrogen and oxygen atoms in total. The summed E-state index contributed by atoms with van der Waals surface area (Å²) in [5.74, 6) is 1.82. The van der Waals surface area contributed by atoms with Crippen molar-refractivity contribution in [1.29, 1.82) is 0 Å². The zero-order valence-corrected chi connectivity index (χ0v) is 12.2. The van der Waals surface area contributed by atoms with Crippen molar-refractivity contribution in [2.24, 2.45) is 11.8 Å². The second-order valence-electron chi connectivity index (χ2n) is 6.18. The van der Waals surface area contributed by atoms with Crippen LogP contribution in [0.2, 0.25) is 0 Å². The second-order valence-corrected chi connectivity index (χ2v) is 7.16. The topological polar surface area (TPSA) is 12.0 Å². The normalized spacial score (nSPS) is 24.9. The maximum Gasteiger partial charge on any atom is 0.0445 e. The molecule has 0 spiro atoms. The molecule has 1 N–H and O–H groups in total. The fourth-order valence-electron chi connectivity index (χ4n) is 3.57. The summed E-state index contributed by atoms with van der Waals surface area (Å²) in [5, 5.41) is 6.20. The third-order valence-electron chi connectivity index (χ3n) is 5.02. The van der Waals surface area contributed by atoms with Crippen LogP contribution in [-0.4, -0.2) is 6.04 Å². The van der Waals surface area contributed by atoms with E-state index < -0.39 is 0 Å². The third-order valence-corrected chi connectivity index (χ3v) is 5.98. The van der Waals surface area contributed by atoms with Gasteiger partial charge in [-0.2, -0.15) is 0 Å².